The molecular formula is C16H16F3N5O2. The smallest absolute Gasteiger partial charge is 0.352 e. The van der Waals surface area contributed by atoms with Gasteiger partial charge in [0.2, 0.25) is 5.91 Å². The number of amides is 3. The molecule has 2 aromatic rings. The first kappa shape index (κ1) is 17.8. The molecule has 0 aliphatic heterocycles. The van der Waals surface area contributed by atoms with E-state index in [1.165, 1.54) is 17.1 Å². The normalized spacial score (nSPS) is 14.0. The summed E-state index contributed by atoms with van der Waals surface area (Å²) in [6.07, 6.45) is 0.403. The van der Waals surface area contributed by atoms with Crippen LogP contribution in [0.2, 0.25) is 0 Å². The van der Waals surface area contributed by atoms with Gasteiger partial charge in [0.1, 0.15) is 6.54 Å². The Morgan fingerprint density at radius 1 is 1.12 bits per heavy atom. The van der Waals surface area contributed by atoms with Crippen LogP contribution in [0, 0.1) is 0 Å². The van der Waals surface area contributed by atoms with E-state index in [-0.39, 0.29) is 24.2 Å². The monoisotopic (exact) mass is 367 g/mol. The van der Waals surface area contributed by atoms with Gasteiger partial charge >= 0.3 is 12.2 Å². The molecule has 3 N–H and O–H groups in total. The number of halogens is 3. The van der Waals surface area contributed by atoms with Crippen molar-refractivity contribution in [3.63, 3.8) is 0 Å². The van der Waals surface area contributed by atoms with E-state index in [0.717, 1.165) is 37.1 Å². The van der Waals surface area contributed by atoms with Crippen LogP contribution in [-0.4, -0.2) is 27.8 Å². The van der Waals surface area contributed by atoms with Crippen LogP contribution in [0.15, 0.2) is 36.7 Å². The van der Waals surface area contributed by atoms with Crippen molar-refractivity contribution in [3.05, 3.63) is 42.2 Å². The number of benzene rings is 1. The summed E-state index contributed by atoms with van der Waals surface area (Å²) in [6, 6.07) is 3.71. The minimum Gasteiger partial charge on any atom is -0.352 e. The van der Waals surface area contributed by atoms with Crippen LogP contribution in [0.4, 0.5) is 29.3 Å². The zero-order chi connectivity index (χ0) is 18.7. The van der Waals surface area contributed by atoms with Crippen molar-refractivity contribution in [2.24, 2.45) is 0 Å². The Balaban J connectivity index is 1.50. The van der Waals surface area contributed by atoms with Crippen molar-refractivity contribution in [1.82, 2.24) is 15.1 Å². The molecule has 3 amide bonds. The molecule has 0 bridgehead atoms. The van der Waals surface area contributed by atoms with Gasteiger partial charge in [-0.1, -0.05) is 0 Å². The minimum atomic E-state index is -4.43. The summed E-state index contributed by atoms with van der Waals surface area (Å²) in [5, 5.41) is 11.7. The molecule has 0 spiro atoms. The predicted molar refractivity (Wildman–Crippen MR) is 87.5 cm³/mol. The number of aromatic nitrogens is 2. The lowest BCUT2D eigenvalue weighted by Crippen LogP contribution is -2.29. The van der Waals surface area contributed by atoms with Crippen LogP contribution >= 0.6 is 0 Å². The first-order valence-electron chi connectivity index (χ1n) is 7.87. The number of carbonyl (C=O) groups is 2. The van der Waals surface area contributed by atoms with E-state index in [2.05, 4.69) is 21.0 Å². The fraction of sp³-hybridized carbons (Fsp3) is 0.312. The van der Waals surface area contributed by atoms with Crippen LogP contribution in [0.3, 0.4) is 0 Å². The average Bonchev–Trinajstić information content (AvgIpc) is 3.25. The molecule has 1 saturated carbocycles. The molecule has 0 atom stereocenters. The van der Waals surface area contributed by atoms with E-state index in [4.69, 9.17) is 0 Å². The standard InChI is InChI=1S/C16H16F3N5O2/c17-16(18,19)10-1-3-12(4-2-10)22-15(26)23-13-7-20-24(8-13)9-14(25)21-11-5-6-11/h1-4,7-8,11H,5-6,9H2,(H,21,25)(H2,22,23,26). The highest BCUT2D eigenvalue weighted by Crippen LogP contribution is 2.29. The molecule has 0 saturated heterocycles. The third kappa shape index (κ3) is 4.98. The largest absolute Gasteiger partial charge is 0.416 e. The van der Waals surface area contributed by atoms with Gasteiger partial charge in [-0.3, -0.25) is 9.48 Å². The summed E-state index contributed by atoms with van der Waals surface area (Å²) in [5.74, 6) is -0.156. The van der Waals surface area contributed by atoms with E-state index in [9.17, 15) is 22.8 Å². The minimum absolute atomic E-state index is 0.0404. The highest BCUT2D eigenvalue weighted by molar-refractivity contribution is 5.99. The van der Waals surface area contributed by atoms with Crippen LogP contribution < -0.4 is 16.0 Å². The van der Waals surface area contributed by atoms with E-state index in [0.29, 0.717) is 5.69 Å². The lowest BCUT2D eigenvalue weighted by atomic mass is 10.2. The molecule has 1 aliphatic carbocycles. The molecule has 1 aliphatic rings. The number of nitrogens with zero attached hydrogens (tertiary/aromatic N) is 2. The second kappa shape index (κ2) is 7.06. The summed E-state index contributed by atoms with van der Waals surface area (Å²) in [5.41, 5.74) is -0.227. The number of hydrogen-bond acceptors (Lipinski definition) is 3. The molecule has 0 radical (unpaired) electrons. The average molecular weight is 367 g/mol. The molecule has 1 fully saturated rings. The maximum Gasteiger partial charge on any atom is 0.416 e. The van der Waals surface area contributed by atoms with Gasteiger partial charge in [-0.15, -0.1) is 0 Å². The summed E-state index contributed by atoms with van der Waals surface area (Å²) < 4.78 is 38.9. The Hall–Kier alpha value is -3.04. The third-order valence-electron chi connectivity index (χ3n) is 3.61. The maximum absolute atomic E-state index is 12.5. The Morgan fingerprint density at radius 3 is 2.38 bits per heavy atom. The Bertz CT molecular complexity index is 797. The first-order valence-corrected chi connectivity index (χ1v) is 7.87. The molecule has 1 heterocycles. The number of hydrogen-bond donors (Lipinski definition) is 3. The highest BCUT2D eigenvalue weighted by atomic mass is 19.4. The summed E-state index contributed by atoms with van der Waals surface area (Å²) in [7, 11) is 0. The van der Waals surface area contributed by atoms with E-state index in [1.54, 1.807) is 0 Å². The Morgan fingerprint density at radius 2 is 1.77 bits per heavy atom. The topological polar surface area (TPSA) is 88.1 Å². The van der Waals surface area contributed by atoms with Crippen molar-refractivity contribution < 1.29 is 22.8 Å². The van der Waals surface area contributed by atoms with Crippen molar-refractivity contribution in [1.29, 1.82) is 0 Å². The first-order chi connectivity index (χ1) is 12.3. The van der Waals surface area contributed by atoms with Crippen molar-refractivity contribution in [3.8, 4) is 0 Å². The zero-order valence-electron chi connectivity index (χ0n) is 13.5. The van der Waals surface area contributed by atoms with Crippen molar-refractivity contribution in [2.45, 2.75) is 31.6 Å². The van der Waals surface area contributed by atoms with Crippen LogP contribution in [0.1, 0.15) is 18.4 Å². The highest BCUT2D eigenvalue weighted by Gasteiger charge is 2.30. The second-order valence-corrected chi connectivity index (χ2v) is 5.92. The lowest BCUT2D eigenvalue weighted by molar-refractivity contribution is -0.137. The summed E-state index contributed by atoms with van der Waals surface area (Å²) in [4.78, 5) is 23.6. The van der Waals surface area contributed by atoms with Crippen molar-refractivity contribution >= 4 is 23.3 Å². The van der Waals surface area contributed by atoms with E-state index >= 15 is 0 Å². The van der Waals surface area contributed by atoms with E-state index in [1.807, 2.05) is 0 Å². The number of urea groups is 1. The Labute approximate surface area is 146 Å². The Kier molecular flexibility index (Phi) is 4.83. The number of anilines is 2. The van der Waals surface area contributed by atoms with Crippen LogP contribution in [-0.2, 0) is 17.5 Å². The number of rotatable bonds is 5. The van der Waals surface area contributed by atoms with Gasteiger partial charge in [0.25, 0.3) is 0 Å². The fourth-order valence-corrected chi connectivity index (χ4v) is 2.20. The van der Waals surface area contributed by atoms with Crippen LogP contribution in [0.5, 0.6) is 0 Å². The molecule has 7 nitrogen and oxygen atoms in total. The van der Waals surface area contributed by atoms with Gasteiger partial charge in [0.15, 0.2) is 0 Å². The van der Waals surface area contributed by atoms with Crippen molar-refractivity contribution in [2.75, 3.05) is 10.6 Å². The van der Waals surface area contributed by atoms with Crippen LogP contribution in [0.25, 0.3) is 0 Å². The van der Waals surface area contributed by atoms with Gasteiger partial charge in [0.05, 0.1) is 17.4 Å². The molecule has 1 aromatic carbocycles. The predicted octanol–water partition coefficient (Wildman–Crippen LogP) is 2.82. The molecule has 1 aromatic heterocycles. The van der Waals surface area contributed by atoms with Gasteiger partial charge in [-0.2, -0.15) is 18.3 Å². The lowest BCUT2D eigenvalue weighted by Gasteiger charge is -2.09. The number of alkyl halides is 3. The number of nitrogens with one attached hydrogen (secondary N) is 3. The summed E-state index contributed by atoms with van der Waals surface area (Å²) >= 11 is 0. The molecular weight excluding hydrogens is 351 g/mol. The van der Waals surface area contributed by atoms with E-state index < -0.39 is 17.8 Å². The maximum atomic E-state index is 12.5. The molecule has 10 heteroatoms. The zero-order valence-corrected chi connectivity index (χ0v) is 13.5. The quantitative estimate of drug-likeness (QED) is 0.759. The second-order valence-electron chi connectivity index (χ2n) is 5.92. The SMILES string of the molecule is O=C(Cn1cc(NC(=O)Nc2ccc(C(F)(F)F)cc2)cn1)NC1CC1. The van der Waals surface area contributed by atoms with Gasteiger partial charge in [-0.25, -0.2) is 4.79 Å². The van der Waals surface area contributed by atoms with Gasteiger partial charge in [0, 0.05) is 17.9 Å². The van der Waals surface area contributed by atoms with Gasteiger partial charge in [-0.05, 0) is 37.1 Å². The molecule has 3 rings (SSSR count). The fourth-order valence-electron chi connectivity index (χ4n) is 2.20. The molecule has 0 unspecified atom stereocenters. The third-order valence-corrected chi connectivity index (χ3v) is 3.61. The molecule has 138 valence electrons. The number of carbonyl (C=O) groups excluding carboxylic acids is 2. The summed E-state index contributed by atoms with van der Waals surface area (Å²) in [6.45, 7) is 0.0404. The van der Waals surface area contributed by atoms with Gasteiger partial charge < -0.3 is 16.0 Å². The molecule has 26 heavy (non-hydrogen) atoms.